The van der Waals surface area contributed by atoms with Crippen molar-refractivity contribution in [1.82, 2.24) is 10.3 Å². The van der Waals surface area contributed by atoms with Gasteiger partial charge >= 0.3 is 0 Å². The predicted molar refractivity (Wildman–Crippen MR) is 88.5 cm³/mol. The van der Waals surface area contributed by atoms with Crippen LogP contribution in [0, 0.1) is 0 Å². The average molecular weight is 299 g/mol. The van der Waals surface area contributed by atoms with Gasteiger partial charge in [-0.1, -0.05) is 36.5 Å². The van der Waals surface area contributed by atoms with Gasteiger partial charge in [0.1, 0.15) is 0 Å². The molecule has 2 aromatic rings. The minimum atomic E-state index is 0.757. The second-order valence-electron chi connectivity index (χ2n) is 5.91. The van der Waals surface area contributed by atoms with Crippen molar-refractivity contribution in [2.45, 2.75) is 45.2 Å². The first-order chi connectivity index (χ1) is 10.3. The molecule has 2 aliphatic rings. The van der Waals surface area contributed by atoms with E-state index in [9.17, 15) is 0 Å². The van der Waals surface area contributed by atoms with E-state index in [0.717, 1.165) is 32.0 Å². The van der Waals surface area contributed by atoms with Gasteiger partial charge in [-0.25, -0.2) is 4.98 Å². The highest BCUT2D eigenvalue weighted by Crippen LogP contribution is 2.37. The van der Waals surface area contributed by atoms with Gasteiger partial charge in [-0.2, -0.15) is 0 Å². The van der Waals surface area contributed by atoms with Crippen LogP contribution in [0.15, 0.2) is 24.3 Å². The maximum Gasteiger partial charge on any atom is 0.190 e. The molecule has 21 heavy (non-hydrogen) atoms. The summed E-state index contributed by atoms with van der Waals surface area (Å²) in [7, 11) is 0. The van der Waals surface area contributed by atoms with Gasteiger partial charge in [-0.15, -0.1) is 0 Å². The molecule has 1 aliphatic carbocycles. The third kappa shape index (κ3) is 2.58. The third-order valence-corrected chi connectivity index (χ3v) is 5.47. The molecule has 1 aliphatic heterocycles. The number of thiazole rings is 1. The zero-order valence-corrected chi connectivity index (χ0v) is 13.2. The molecule has 0 bridgehead atoms. The summed E-state index contributed by atoms with van der Waals surface area (Å²) in [6.45, 7) is 4.25. The van der Waals surface area contributed by atoms with Crippen molar-refractivity contribution in [3.63, 3.8) is 0 Å². The Balaban J connectivity index is 1.60. The SMILES string of the molecule is CCc1nc(N2CCc3ccccc32)sc1CNC1CC1. The molecule has 0 spiro atoms. The summed E-state index contributed by atoms with van der Waals surface area (Å²) >= 11 is 1.87. The van der Waals surface area contributed by atoms with Gasteiger partial charge in [0.25, 0.3) is 0 Å². The lowest BCUT2D eigenvalue weighted by molar-refractivity contribution is 0.689. The largest absolute Gasteiger partial charge is 0.317 e. The van der Waals surface area contributed by atoms with Gasteiger partial charge in [-0.3, -0.25) is 0 Å². The molecule has 0 saturated heterocycles. The van der Waals surface area contributed by atoms with E-state index in [0.29, 0.717) is 0 Å². The van der Waals surface area contributed by atoms with Crippen molar-refractivity contribution >= 4 is 22.2 Å². The van der Waals surface area contributed by atoms with Crippen LogP contribution in [0.3, 0.4) is 0 Å². The van der Waals surface area contributed by atoms with Crippen LogP contribution < -0.4 is 10.2 Å². The van der Waals surface area contributed by atoms with Crippen molar-refractivity contribution in [3.8, 4) is 0 Å². The van der Waals surface area contributed by atoms with Crippen molar-refractivity contribution in [2.24, 2.45) is 0 Å². The number of anilines is 2. The van der Waals surface area contributed by atoms with E-state index in [1.807, 2.05) is 11.3 Å². The Kier molecular flexibility index (Phi) is 3.43. The molecule has 1 aromatic carbocycles. The molecule has 0 atom stereocenters. The summed E-state index contributed by atoms with van der Waals surface area (Å²) in [4.78, 5) is 8.72. The fourth-order valence-corrected chi connectivity index (χ4v) is 4.10. The van der Waals surface area contributed by atoms with Crippen molar-refractivity contribution in [3.05, 3.63) is 40.4 Å². The van der Waals surface area contributed by atoms with Crippen LogP contribution in [0.4, 0.5) is 10.8 Å². The highest BCUT2D eigenvalue weighted by Gasteiger charge is 2.25. The molecule has 4 heteroatoms. The van der Waals surface area contributed by atoms with Crippen LogP contribution in [0.1, 0.15) is 35.9 Å². The van der Waals surface area contributed by atoms with Gasteiger partial charge in [-0.05, 0) is 37.3 Å². The molecule has 1 aromatic heterocycles. The molecule has 110 valence electrons. The fraction of sp³-hybridized carbons (Fsp3) is 0.471. The second-order valence-corrected chi connectivity index (χ2v) is 6.97. The Morgan fingerprint density at radius 2 is 2.19 bits per heavy atom. The number of hydrogen-bond acceptors (Lipinski definition) is 4. The highest BCUT2D eigenvalue weighted by atomic mass is 32.1. The fourth-order valence-electron chi connectivity index (χ4n) is 2.96. The van der Waals surface area contributed by atoms with E-state index in [4.69, 9.17) is 4.98 Å². The lowest BCUT2D eigenvalue weighted by atomic mass is 10.2. The minimum absolute atomic E-state index is 0.757. The number of hydrogen-bond donors (Lipinski definition) is 1. The quantitative estimate of drug-likeness (QED) is 0.913. The number of aromatic nitrogens is 1. The lowest BCUT2D eigenvalue weighted by Gasteiger charge is -2.15. The smallest absolute Gasteiger partial charge is 0.190 e. The zero-order valence-electron chi connectivity index (χ0n) is 12.4. The Morgan fingerprint density at radius 3 is 3.00 bits per heavy atom. The summed E-state index contributed by atoms with van der Waals surface area (Å²) in [6, 6.07) is 9.47. The minimum Gasteiger partial charge on any atom is -0.317 e. The molecule has 4 rings (SSSR count). The zero-order chi connectivity index (χ0) is 14.2. The molecule has 0 amide bonds. The molecular weight excluding hydrogens is 278 g/mol. The topological polar surface area (TPSA) is 28.2 Å². The molecule has 0 radical (unpaired) electrons. The maximum absolute atomic E-state index is 4.91. The molecule has 2 heterocycles. The summed E-state index contributed by atoms with van der Waals surface area (Å²) in [5.74, 6) is 0. The number of aryl methyl sites for hydroxylation is 1. The van der Waals surface area contributed by atoms with Crippen LogP contribution in [0.2, 0.25) is 0 Å². The van der Waals surface area contributed by atoms with E-state index in [1.165, 1.54) is 39.8 Å². The highest BCUT2D eigenvalue weighted by molar-refractivity contribution is 7.15. The second kappa shape index (κ2) is 5.43. The monoisotopic (exact) mass is 299 g/mol. The van der Waals surface area contributed by atoms with E-state index in [2.05, 4.69) is 41.4 Å². The van der Waals surface area contributed by atoms with E-state index >= 15 is 0 Å². The molecule has 1 saturated carbocycles. The molecular formula is C17H21N3S. The van der Waals surface area contributed by atoms with E-state index in [1.54, 1.807) is 0 Å². The number of nitrogens with zero attached hydrogens (tertiary/aromatic N) is 2. The Morgan fingerprint density at radius 1 is 1.33 bits per heavy atom. The number of benzene rings is 1. The first-order valence-electron chi connectivity index (χ1n) is 7.92. The maximum atomic E-state index is 4.91. The molecule has 1 N–H and O–H groups in total. The summed E-state index contributed by atoms with van der Waals surface area (Å²) in [5.41, 5.74) is 4.06. The van der Waals surface area contributed by atoms with E-state index in [-0.39, 0.29) is 0 Å². The Labute approximate surface area is 130 Å². The summed E-state index contributed by atoms with van der Waals surface area (Å²) < 4.78 is 0. The van der Waals surface area contributed by atoms with Crippen LogP contribution >= 0.6 is 11.3 Å². The van der Waals surface area contributed by atoms with Crippen LogP contribution in [-0.2, 0) is 19.4 Å². The predicted octanol–water partition coefficient (Wildman–Crippen LogP) is 3.65. The van der Waals surface area contributed by atoms with Crippen LogP contribution in [-0.4, -0.2) is 17.6 Å². The van der Waals surface area contributed by atoms with Gasteiger partial charge in [0.2, 0.25) is 0 Å². The van der Waals surface area contributed by atoms with Crippen LogP contribution in [0.5, 0.6) is 0 Å². The first-order valence-corrected chi connectivity index (χ1v) is 8.74. The van der Waals surface area contributed by atoms with Crippen molar-refractivity contribution < 1.29 is 0 Å². The Bertz CT molecular complexity index is 645. The van der Waals surface area contributed by atoms with Crippen molar-refractivity contribution in [1.29, 1.82) is 0 Å². The number of nitrogens with one attached hydrogen (secondary N) is 1. The summed E-state index contributed by atoms with van der Waals surface area (Å²) in [6.07, 6.45) is 4.83. The molecule has 1 fully saturated rings. The molecule has 0 unspecified atom stereocenters. The van der Waals surface area contributed by atoms with Crippen LogP contribution in [0.25, 0.3) is 0 Å². The van der Waals surface area contributed by atoms with Gasteiger partial charge in [0.15, 0.2) is 5.13 Å². The standard InChI is InChI=1S/C17H21N3S/c1-2-14-16(11-18-13-7-8-13)21-17(19-14)20-10-9-12-5-3-4-6-15(12)20/h3-6,13,18H,2,7-11H2,1H3. The average Bonchev–Trinajstić information content (AvgIpc) is 3.10. The van der Waals surface area contributed by atoms with E-state index < -0.39 is 0 Å². The third-order valence-electron chi connectivity index (χ3n) is 4.35. The number of rotatable bonds is 5. The normalized spacial score (nSPS) is 17.3. The lowest BCUT2D eigenvalue weighted by Crippen LogP contribution is -2.15. The van der Waals surface area contributed by atoms with Crippen molar-refractivity contribution in [2.75, 3.05) is 11.4 Å². The number of fused-ring (bicyclic) bond motifs is 1. The van der Waals surface area contributed by atoms with Gasteiger partial charge < -0.3 is 10.2 Å². The molecule has 3 nitrogen and oxygen atoms in total. The van der Waals surface area contributed by atoms with Gasteiger partial charge in [0, 0.05) is 29.7 Å². The first kappa shape index (κ1) is 13.3. The number of para-hydroxylation sites is 1. The Hall–Kier alpha value is -1.39. The van der Waals surface area contributed by atoms with Gasteiger partial charge in [0.05, 0.1) is 5.69 Å². The summed E-state index contributed by atoms with van der Waals surface area (Å²) in [5, 5.41) is 4.79.